The highest BCUT2D eigenvalue weighted by Crippen LogP contribution is 2.16. The predicted molar refractivity (Wildman–Crippen MR) is 50.3 cm³/mol. The van der Waals surface area contributed by atoms with Crippen LogP contribution in [0.3, 0.4) is 0 Å². The molecule has 1 unspecified atom stereocenters. The van der Waals surface area contributed by atoms with E-state index in [1.165, 1.54) is 0 Å². The average Bonchev–Trinajstić information content (AvgIpc) is 2.81. The largest absolute Gasteiger partial charge is 0.102 e. The van der Waals surface area contributed by atoms with E-state index in [0.717, 1.165) is 0 Å². The van der Waals surface area contributed by atoms with Crippen molar-refractivity contribution in [2.45, 2.75) is 6.92 Å². The van der Waals surface area contributed by atoms with Gasteiger partial charge in [0.2, 0.25) is 0 Å². The van der Waals surface area contributed by atoms with Gasteiger partial charge in [-0.05, 0) is 5.92 Å². The minimum absolute atomic E-state index is 0.479. The van der Waals surface area contributed by atoms with E-state index in [9.17, 15) is 0 Å². The zero-order valence-electron chi connectivity index (χ0n) is 6.90. The summed E-state index contributed by atoms with van der Waals surface area (Å²) in [6, 6.07) is 0. The first-order valence-corrected chi connectivity index (χ1v) is 3.99. The standard InChI is InChI=1S/C11H14/c1-3-10(2)6-4-5-7-11-8-9-11/h3-11H,1H2,2H3/b6-4-,7-5-. The van der Waals surface area contributed by atoms with Crippen LogP contribution in [-0.4, -0.2) is 0 Å². The van der Waals surface area contributed by atoms with Crippen LogP contribution in [0.25, 0.3) is 0 Å². The van der Waals surface area contributed by atoms with Crippen molar-refractivity contribution < 1.29 is 0 Å². The van der Waals surface area contributed by atoms with Crippen molar-refractivity contribution in [1.29, 1.82) is 0 Å². The maximum atomic E-state index is 3.70. The highest BCUT2D eigenvalue weighted by atomic mass is 14.1. The van der Waals surface area contributed by atoms with Gasteiger partial charge in [0.15, 0.2) is 0 Å². The molecule has 0 saturated carbocycles. The van der Waals surface area contributed by atoms with Gasteiger partial charge in [0.25, 0.3) is 0 Å². The average molecular weight is 146 g/mol. The van der Waals surface area contributed by atoms with Gasteiger partial charge in [-0.15, -0.1) is 6.58 Å². The molecule has 0 N–H and O–H groups in total. The highest BCUT2D eigenvalue weighted by Gasteiger charge is 2.02. The molecule has 0 heterocycles. The van der Waals surface area contributed by atoms with Crippen LogP contribution in [-0.2, 0) is 0 Å². The zero-order valence-corrected chi connectivity index (χ0v) is 6.90. The van der Waals surface area contributed by atoms with E-state index in [0.29, 0.717) is 11.8 Å². The number of allylic oxidation sites excluding steroid dienone is 7. The fourth-order valence-electron chi connectivity index (χ4n) is 0.703. The van der Waals surface area contributed by atoms with Crippen molar-refractivity contribution in [3.63, 3.8) is 0 Å². The van der Waals surface area contributed by atoms with Gasteiger partial charge in [0.05, 0.1) is 0 Å². The Kier molecular flexibility index (Phi) is 2.91. The first-order valence-electron chi connectivity index (χ1n) is 3.99. The molecule has 0 aromatic rings. The van der Waals surface area contributed by atoms with Crippen molar-refractivity contribution in [2.24, 2.45) is 11.8 Å². The topological polar surface area (TPSA) is 0 Å². The van der Waals surface area contributed by atoms with Crippen LogP contribution < -0.4 is 0 Å². The van der Waals surface area contributed by atoms with Gasteiger partial charge in [0.1, 0.15) is 0 Å². The molecule has 1 atom stereocenters. The third kappa shape index (κ3) is 3.61. The molecule has 0 amide bonds. The Bertz CT molecular complexity index is 200. The Labute approximate surface area is 68.6 Å². The smallest absolute Gasteiger partial charge is 0.0131 e. The van der Waals surface area contributed by atoms with Gasteiger partial charge in [-0.1, -0.05) is 49.5 Å². The Morgan fingerprint density at radius 2 is 2.09 bits per heavy atom. The molecule has 0 aromatic carbocycles. The van der Waals surface area contributed by atoms with Gasteiger partial charge in [0, 0.05) is 5.92 Å². The van der Waals surface area contributed by atoms with E-state index >= 15 is 0 Å². The van der Waals surface area contributed by atoms with E-state index in [-0.39, 0.29) is 0 Å². The van der Waals surface area contributed by atoms with E-state index in [4.69, 9.17) is 0 Å². The molecule has 0 saturated heterocycles. The lowest BCUT2D eigenvalue weighted by molar-refractivity contribution is 0.944. The molecule has 0 aliphatic heterocycles. The summed E-state index contributed by atoms with van der Waals surface area (Å²) in [5.41, 5.74) is 0. The third-order valence-electron chi connectivity index (χ3n) is 1.65. The lowest BCUT2D eigenvalue weighted by Crippen LogP contribution is -1.78. The van der Waals surface area contributed by atoms with Gasteiger partial charge < -0.3 is 0 Å². The lowest BCUT2D eigenvalue weighted by Gasteiger charge is -1.91. The number of rotatable bonds is 4. The van der Waals surface area contributed by atoms with Crippen molar-refractivity contribution in [2.75, 3.05) is 0 Å². The first kappa shape index (κ1) is 8.06. The Morgan fingerprint density at radius 3 is 2.64 bits per heavy atom. The van der Waals surface area contributed by atoms with Crippen molar-refractivity contribution in [3.05, 3.63) is 49.1 Å². The number of hydrogen-bond acceptors (Lipinski definition) is 0. The molecular weight excluding hydrogens is 132 g/mol. The molecule has 0 radical (unpaired) electrons. The molecule has 58 valence electrons. The van der Waals surface area contributed by atoms with Gasteiger partial charge in [-0.2, -0.15) is 0 Å². The molecule has 0 nitrogen and oxygen atoms in total. The molecule has 1 aliphatic rings. The van der Waals surface area contributed by atoms with Crippen molar-refractivity contribution in [3.8, 4) is 0 Å². The van der Waals surface area contributed by atoms with Crippen molar-refractivity contribution in [1.82, 2.24) is 0 Å². The van der Waals surface area contributed by atoms with Crippen molar-refractivity contribution >= 4 is 0 Å². The minimum Gasteiger partial charge on any atom is -0.102 e. The van der Waals surface area contributed by atoms with Crippen LogP contribution in [0.1, 0.15) is 6.92 Å². The minimum atomic E-state index is 0.479. The summed E-state index contributed by atoms with van der Waals surface area (Å²) >= 11 is 0. The third-order valence-corrected chi connectivity index (χ3v) is 1.65. The Morgan fingerprint density at radius 1 is 1.36 bits per heavy atom. The molecule has 0 heteroatoms. The van der Waals surface area contributed by atoms with Crippen LogP contribution in [0.5, 0.6) is 0 Å². The normalized spacial score (nSPS) is 19.7. The molecule has 1 rings (SSSR count). The quantitative estimate of drug-likeness (QED) is 0.422. The highest BCUT2D eigenvalue weighted by molar-refractivity contribution is 5.24. The van der Waals surface area contributed by atoms with E-state index in [1.807, 2.05) is 6.08 Å². The van der Waals surface area contributed by atoms with Crippen LogP contribution in [0.2, 0.25) is 0 Å². The second kappa shape index (κ2) is 3.97. The maximum absolute atomic E-state index is 3.70. The molecule has 0 bridgehead atoms. The van der Waals surface area contributed by atoms with Gasteiger partial charge >= 0.3 is 0 Å². The Balaban J connectivity index is 2.17. The van der Waals surface area contributed by atoms with Gasteiger partial charge in [-0.25, -0.2) is 0 Å². The first-order chi connectivity index (χ1) is 5.33. The summed E-state index contributed by atoms with van der Waals surface area (Å²) in [4.78, 5) is 0. The van der Waals surface area contributed by atoms with Crippen LogP contribution in [0, 0.1) is 11.8 Å². The van der Waals surface area contributed by atoms with Crippen LogP contribution >= 0.6 is 0 Å². The Hall–Kier alpha value is -1.04. The lowest BCUT2D eigenvalue weighted by atomic mass is 10.1. The summed E-state index contributed by atoms with van der Waals surface area (Å²) in [5, 5.41) is 0. The molecule has 11 heavy (non-hydrogen) atoms. The fourth-order valence-corrected chi connectivity index (χ4v) is 0.703. The second-order valence-electron chi connectivity index (χ2n) is 2.83. The fraction of sp³-hybridized carbons (Fsp3) is 0.273. The molecule has 0 aromatic heterocycles. The van der Waals surface area contributed by atoms with E-state index in [2.05, 4.69) is 50.0 Å². The number of hydrogen-bond donors (Lipinski definition) is 0. The molecule has 0 spiro atoms. The van der Waals surface area contributed by atoms with Crippen LogP contribution in [0.4, 0.5) is 0 Å². The molecular formula is C11H14. The van der Waals surface area contributed by atoms with Gasteiger partial charge in [-0.3, -0.25) is 0 Å². The summed E-state index contributed by atoms with van der Waals surface area (Å²) in [6.45, 7) is 5.82. The predicted octanol–water partition coefficient (Wildman–Crippen LogP) is 3.11. The SMILES string of the molecule is C=CC(C)/C=C\C=C/C1C=C1. The van der Waals surface area contributed by atoms with E-state index in [1.54, 1.807) is 0 Å². The maximum Gasteiger partial charge on any atom is 0.0131 e. The molecule has 1 aliphatic carbocycles. The van der Waals surface area contributed by atoms with E-state index < -0.39 is 0 Å². The zero-order chi connectivity index (χ0) is 8.10. The monoisotopic (exact) mass is 146 g/mol. The summed E-state index contributed by atoms with van der Waals surface area (Å²) in [7, 11) is 0. The summed E-state index contributed by atoms with van der Waals surface area (Å²) in [5.74, 6) is 1.12. The molecule has 0 fully saturated rings. The summed E-state index contributed by atoms with van der Waals surface area (Å²) < 4.78 is 0. The van der Waals surface area contributed by atoms with Crippen LogP contribution in [0.15, 0.2) is 49.1 Å². The second-order valence-corrected chi connectivity index (χ2v) is 2.83. The summed E-state index contributed by atoms with van der Waals surface area (Å²) in [6.07, 6.45) is 14.7.